The average Bonchev–Trinajstić information content (AvgIpc) is 0. The zero-order valence-electron chi connectivity index (χ0n) is 1.74. The minimum Gasteiger partial charge on any atom is 0 e. The van der Waals surface area contributed by atoms with Gasteiger partial charge in [0.15, 0.2) is 0 Å². The van der Waals surface area contributed by atoms with Crippen LogP contribution in [-0.2, 0) is 84.2 Å². The van der Waals surface area contributed by atoms with Crippen molar-refractivity contribution in [3.63, 3.8) is 0 Å². The molecular formula is Co2Mn2Ni. The second kappa shape index (κ2) is 31.1. The summed E-state index contributed by atoms with van der Waals surface area (Å²) >= 11 is 0. The molecule has 0 aliphatic rings. The van der Waals surface area contributed by atoms with E-state index >= 15 is 0 Å². The van der Waals surface area contributed by atoms with E-state index in [0.29, 0.717) is 0 Å². The number of rotatable bonds is 0. The van der Waals surface area contributed by atoms with E-state index in [9.17, 15) is 0 Å². The molecule has 0 unspecified atom stereocenters. The van der Waals surface area contributed by atoms with Crippen LogP contribution in [0, 0.1) is 0 Å². The van der Waals surface area contributed by atoms with Crippen molar-refractivity contribution in [2.45, 2.75) is 0 Å². The van der Waals surface area contributed by atoms with Gasteiger partial charge in [0.2, 0.25) is 0 Å². The van der Waals surface area contributed by atoms with Crippen LogP contribution in [-0.4, -0.2) is 0 Å². The Bertz CT molecular complexity index is 7.61. The smallest absolute Gasteiger partial charge is 0 e. The molecule has 0 amide bonds. The Hall–Kier alpha value is 2.55. The van der Waals surface area contributed by atoms with E-state index in [1.165, 1.54) is 0 Å². The molecule has 0 saturated carbocycles. The van der Waals surface area contributed by atoms with Crippen LogP contribution in [0.25, 0.3) is 0 Å². The maximum atomic E-state index is 0. The van der Waals surface area contributed by atoms with Crippen molar-refractivity contribution in [1.82, 2.24) is 0 Å². The van der Waals surface area contributed by atoms with Gasteiger partial charge in [0.1, 0.15) is 0 Å². The summed E-state index contributed by atoms with van der Waals surface area (Å²) in [6.45, 7) is 0. The normalized spacial score (nSPS) is 0. The molecular weight excluding hydrogens is 286 g/mol. The summed E-state index contributed by atoms with van der Waals surface area (Å²) in [5.41, 5.74) is 0. The van der Waals surface area contributed by atoms with E-state index in [-0.39, 0.29) is 84.2 Å². The Kier molecular flexibility index (Phi) is 310. The number of hydrogen-bond donors (Lipinski definition) is 0. The molecule has 0 saturated heterocycles. The fourth-order valence-electron chi connectivity index (χ4n) is 0. The zero-order valence-corrected chi connectivity index (χ0v) is 7.17. The van der Waals surface area contributed by atoms with Crippen LogP contribution in [0.2, 0.25) is 0 Å². The van der Waals surface area contributed by atoms with Gasteiger partial charge in [-0.15, -0.1) is 0 Å². The topological polar surface area (TPSA) is 0 Å². The minimum absolute atomic E-state index is 0. The maximum absolute atomic E-state index is 0. The third-order valence-electron chi connectivity index (χ3n) is 0. The van der Waals surface area contributed by atoms with Gasteiger partial charge in [-0.1, -0.05) is 0 Å². The average molecular weight is 286 g/mol. The van der Waals surface area contributed by atoms with E-state index in [0.717, 1.165) is 0 Å². The van der Waals surface area contributed by atoms with Crippen LogP contribution in [0.3, 0.4) is 0 Å². The van der Waals surface area contributed by atoms with Crippen molar-refractivity contribution < 1.29 is 84.2 Å². The maximum Gasteiger partial charge on any atom is 0 e. The van der Waals surface area contributed by atoms with E-state index < -0.39 is 0 Å². The molecule has 0 bridgehead atoms. The van der Waals surface area contributed by atoms with Gasteiger partial charge in [0.05, 0.1) is 0 Å². The second-order valence-electron chi connectivity index (χ2n) is 0. The van der Waals surface area contributed by atoms with Crippen molar-refractivity contribution in [3.8, 4) is 0 Å². The van der Waals surface area contributed by atoms with E-state index in [2.05, 4.69) is 0 Å². The molecule has 0 nitrogen and oxygen atoms in total. The van der Waals surface area contributed by atoms with Crippen molar-refractivity contribution in [2.24, 2.45) is 0 Å². The summed E-state index contributed by atoms with van der Waals surface area (Å²) in [5, 5.41) is 0. The summed E-state index contributed by atoms with van der Waals surface area (Å²) in [6.07, 6.45) is 0. The summed E-state index contributed by atoms with van der Waals surface area (Å²) in [7, 11) is 0. The first kappa shape index (κ1) is 49.9. The Morgan fingerprint density at radius 1 is 0.600 bits per heavy atom. The molecule has 0 spiro atoms. The molecule has 0 N–H and O–H groups in total. The molecule has 0 atom stereocenters. The third kappa shape index (κ3) is 20.9. The summed E-state index contributed by atoms with van der Waals surface area (Å²) < 4.78 is 0. The first-order valence-electron chi connectivity index (χ1n) is 0. The summed E-state index contributed by atoms with van der Waals surface area (Å²) in [5.74, 6) is 0. The van der Waals surface area contributed by atoms with Gasteiger partial charge in [0.25, 0.3) is 0 Å². The monoisotopic (exact) mass is 286 g/mol. The summed E-state index contributed by atoms with van der Waals surface area (Å²) in [4.78, 5) is 0. The molecule has 0 fully saturated rings. The Morgan fingerprint density at radius 2 is 0.600 bits per heavy atom. The fraction of sp³-hybridized carbons (Fsp3) is 0. The first-order chi connectivity index (χ1) is 0. The van der Waals surface area contributed by atoms with Crippen molar-refractivity contribution in [1.29, 1.82) is 0 Å². The molecule has 5 heteroatoms. The van der Waals surface area contributed by atoms with Gasteiger partial charge in [-0.2, -0.15) is 0 Å². The van der Waals surface area contributed by atoms with Crippen LogP contribution in [0.4, 0.5) is 0 Å². The van der Waals surface area contributed by atoms with Gasteiger partial charge in [-0.05, 0) is 0 Å². The molecule has 0 aliphatic heterocycles. The van der Waals surface area contributed by atoms with E-state index in [1.807, 2.05) is 0 Å². The minimum atomic E-state index is 0. The van der Waals surface area contributed by atoms with Gasteiger partial charge >= 0.3 is 0 Å². The van der Waals surface area contributed by atoms with Crippen molar-refractivity contribution >= 4 is 0 Å². The van der Waals surface area contributed by atoms with Crippen LogP contribution in [0.1, 0.15) is 0 Å². The van der Waals surface area contributed by atoms with Crippen LogP contribution < -0.4 is 0 Å². The quantitative estimate of drug-likeness (QED) is 0.550. The molecule has 5 heavy (non-hydrogen) atoms. The molecule has 0 aromatic rings. The van der Waals surface area contributed by atoms with E-state index in [1.54, 1.807) is 0 Å². The first-order valence-corrected chi connectivity index (χ1v) is 0. The third-order valence-corrected chi connectivity index (χ3v) is 0. The van der Waals surface area contributed by atoms with Gasteiger partial charge in [-0.25, -0.2) is 0 Å². The molecule has 42 valence electrons. The Labute approximate surface area is 83.2 Å². The van der Waals surface area contributed by atoms with E-state index in [4.69, 9.17) is 0 Å². The Morgan fingerprint density at radius 3 is 0.600 bits per heavy atom. The molecule has 0 aromatic heterocycles. The molecule has 0 heterocycles. The van der Waals surface area contributed by atoms with Gasteiger partial charge < -0.3 is 0 Å². The van der Waals surface area contributed by atoms with Crippen molar-refractivity contribution in [3.05, 3.63) is 0 Å². The van der Waals surface area contributed by atoms with Gasteiger partial charge in [-0.3, -0.25) is 0 Å². The van der Waals surface area contributed by atoms with Crippen LogP contribution in [0.5, 0.6) is 0 Å². The molecule has 0 rings (SSSR count). The van der Waals surface area contributed by atoms with Gasteiger partial charge in [0, 0.05) is 84.2 Å². The number of hydrogen-bond acceptors (Lipinski definition) is 0. The van der Waals surface area contributed by atoms with Crippen molar-refractivity contribution in [2.75, 3.05) is 0 Å². The van der Waals surface area contributed by atoms with Crippen LogP contribution >= 0.6 is 0 Å². The predicted molar refractivity (Wildman–Crippen MR) is 0 cm³/mol. The molecule has 4 radical (unpaired) electrons. The summed E-state index contributed by atoms with van der Waals surface area (Å²) in [6, 6.07) is 0. The SMILES string of the molecule is [Co].[Co].[Mn].[Mn].[Ni]. The standard InChI is InChI=1S/2Co.2Mn.Ni. The predicted octanol–water partition coefficient (Wildman–Crippen LogP) is -0.0125. The fourth-order valence-corrected chi connectivity index (χ4v) is 0. The largest absolute Gasteiger partial charge is 0 e. The Balaban J connectivity index is 0. The molecule has 0 aromatic carbocycles. The zero-order chi connectivity index (χ0) is 0. The second-order valence-corrected chi connectivity index (χ2v) is 0. The molecule has 0 aliphatic carbocycles. The van der Waals surface area contributed by atoms with Crippen LogP contribution in [0.15, 0.2) is 0 Å².